The van der Waals surface area contributed by atoms with Crippen molar-refractivity contribution >= 4 is 11.8 Å². The highest BCUT2D eigenvalue weighted by molar-refractivity contribution is 5.94. The van der Waals surface area contributed by atoms with Gasteiger partial charge in [0.05, 0.1) is 6.10 Å². The maximum atomic E-state index is 12.8. The SMILES string of the molecule is C[C@@H]1CCCC(=O)CCCCCc2cc(OCc3ccccc3)cc(O)c2C(=O)O1. The average Bonchev–Trinajstić information content (AvgIpc) is 2.72. The fourth-order valence-corrected chi connectivity index (χ4v) is 3.74. The van der Waals surface area contributed by atoms with Crippen LogP contribution in [-0.4, -0.2) is 23.0 Å². The largest absolute Gasteiger partial charge is 0.507 e. The van der Waals surface area contributed by atoms with Crippen LogP contribution in [0.25, 0.3) is 0 Å². The zero-order chi connectivity index (χ0) is 21.3. The van der Waals surface area contributed by atoms with Gasteiger partial charge in [-0.15, -0.1) is 0 Å². The van der Waals surface area contributed by atoms with Crippen LogP contribution in [0.1, 0.15) is 73.4 Å². The van der Waals surface area contributed by atoms with Crippen LogP contribution < -0.4 is 4.74 Å². The molecule has 5 heteroatoms. The minimum absolute atomic E-state index is 0.116. The van der Waals surface area contributed by atoms with E-state index in [0.717, 1.165) is 30.4 Å². The van der Waals surface area contributed by atoms with Gasteiger partial charge < -0.3 is 14.6 Å². The Balaban J connectivity index is 1.80. The van der Waals surface area contributed by atoms with Gasteiger partial charge >= 0.3 is 5.97 Å². The van der Waals surface area contributed by atoms with Gasteiger partial charge in [-0.3, -0.25) is 4.79 Å². The van der Waals surface area contributed by atoms with E-state index in [1.165, 1.54) is 6.07 Å². The second-order valence-corrected chi connectivity index (χ2v) is 7.96. The molecule has 0 fully saturated rings. The topological polar surface area (TPSA) is 72.8 Å². The number of carbonyl (C=O) groups is 2. The molecule has 1 aliphatic rings. The second kappa shape index (κ2) is 10.8. The normalized spacial score (nSPS) is 18.8. The zero-order valence-electron chi connectivity index (χ0n) is 17.6. The molecule has 1 atom stereocenters. The van der Waals surface area contributed by atoms with Crippen LogP contribution in [-0.2, 0) is 22.6 Å². The predicted molar refractivity (Wildman–Crippen MR) is 115 cm³/mol. The van der Waals surface area contributed by atoms with E-state index < -0.39 is 5.97 Å². The Kier molecular flexibility index (Phi) is 7.89. The summed E-state index contributed by atoms with van der Waals surface area (Å²) in [6, 6.07) is 13.1. The van der Waals surface area contributed by atoms with E-state index in [0.29, 0.717) is 44.5 Å². The van der Waals surface area contributed by atoms with Crippen molar-refractivity contribution in [2.75, 3.05) is 0 Å². The lowest BCUT2D eigenvalue weighted by Gasteiger charge is -2.18. The lowest BCUT2D eigenvalue weighted by atomic mass is 9.98. The Morgan fingerprint density at radius 2 is 1.73 bits per heavy atom. The Bertz CT molecular complexity index is 859. The summed E-state index contributed by atoms with van der Waals surface area (Å²) in [5.74, 6) is 0.163. The van der Waals surface area contributed by atoms with Crippen LogP contribution in [0.15, 0.2) is 42.5 Å². The first kappa shape index (κ1) is 21.9. The monoisotopic (exact) mass is 410 g/mol. The molecule has 160 valence electrons. The van der Waals surface area contributed by atoms with Crippen molar-refractivity contribution in [3.63, 3.8) is 0 Å². The molecule has 1 N–H and O–H groups in total. The summed E-state index contributed by atoms with van der Waals surface area (Å²) < 4.78 is 11.4. The van der Waals surface area contributed by atoms with Crippen LogP contribution in [0, 0.1) is 0 Å². The molecular formula is C25H30O5. The molecule has 1 heterocycles. The van der Waals surface area contributed by atoms with Crippen molar-refractivity contribution in [3.8, 4) is 11.5 Å². The number of fused-ring (bicyclic) bond motifs is 1. The molecule has 30 heavy (non-hydrogen) atoms. The minimum atomic E-state index is -0.520. The number of hydrogen-bond donors (Lipinski definition) is 1. The number of ketones is 1. The number of benzene rings is 2. The molecule has 0 bridgehead atoms. The quantitative estimate of drug-likeness (QED) is 0.689. The number of cyclic esters (lactones) is 1. The van der Waals surface area contributed by atoms with Gasteiger partial charge in [-0.05, 0) is 56.2 Å². The molecule has 0 saturated heterocycles. The van der Waals surface area contributed by atoms with E-state index in [1.807, 2.05) is 43.3 Å². The number of Topliss-reactive ketones (excluding diaryl/α,β-unsaturated/α-hetero) is 1. The van der Waals surface area contributed by atoms with Gasteiger partial charge in [0.2, 0.25) is 0 Å². The molecule has 0 unspecified atom stereocenters. The molecular weight excluding hydrogens is 380 g/mol. The summed E-state index contributed by atoms with van der Waals surface area (Å²) in [5.41, 5.74) is 1.97. The average molecular weight is 411 g/mol. The van der Waals surface area contributed by atoms with Crippen LogP contribution in [0.2, 0.25) is 0 Å². The number of aryl methyl sites for hydroxylation is 1. The van der Waals surface area contributed by atoms with E-state index in [1.54, 1.807) is 0 Å². The van der Waals surface area contributed by atoms with Gasteiger partial charge in [0.1, 0.15) is 29.5 Å². The lowest BCUT2D eigenvalue weighted by Crippen LogP contribution is -2.17. The van der Waals surface area contributed by atoms with Crippen molar-refractivity contribution in [1.82, 2.24) is 0 Å². The Morgan fingerprint density at radius 3 is 2.53 bits per heavy atom. The number of hydrogen-bond acceptors (Lipinski definition) is 5. The van der Waals surface area contributed by atoms with E-state index in [9.17, 15) is 14.7 Å². The molecule has 3 rings (SSSR count). The Hall–Kier alpha value is -2.82. The molecule has 0 aromatic heterocycles. The van der Waals surface area contributed by atoms with Crippen molar-refractivity contribution < 1.29 is 24.2 Å². The number of esters is 1. The van der Waals surface area contributed by atoms with Crippen LogP contribution in [0.4, 0.5) is 0 Å². The summed E-state index contributed by atoms with van der Waals surface area (Å²) in [7, 11) is 0. The number of carbonyl (C=O) groups excluding carboxylic acids is 2. The van der Waals surface area contributed by atoms with E-state index in [2.05, 4.69) is 0 Å². The molecule has 2 aromatic rings. The van der Waals surface area contributed by atoms with Gasteiger partial charge in [-0.25, -0.2) is 4.79 Å². The molecule has 0 radical (unpaired) electrons. The maximum Gasteiger partial charge on any atom is 0.342 e. The molecule has 0 spiro atoms. The fourth-order valence-electron chi connectivity index (χ4n) is 3.74. The summed E-state index contributed by atoms with van der Waals surface area (Å²) in [4.78, 5) is 24.7. The van der Waals surface area contributed by atoms with Crippen molar-refractivity contribution in [2.24, 2.45) is 0 Å². The molecule has 5 nitrogen and oxygen atoms in total. The third-order valence-electron chi connectivity index (χ3n) is 5.40. The van der Waals surface area contributed by atoms with Crippen LogP contribution in [0.3, 0.4) is 0 Å². The highest BCUT2D eigenvalue weighted by Gasteiger charge is 2.22. The summed E-state index contributed by atoms with van der Waals surface area (Å²) in [5, 5.41) is 10.6. The van der Waals surface area contributed by atoms with Gasteiger partial charge in [0.25, 0.3) is 0 Å². The Morgan fingerprint density at radius 1 is 1.00 bits per heavy atom. The number of rotatable bonds is 3. The highest BCUT2D eigenvalue weighted by atomic mass is 16.5. The van der Waals surface area contributed by atoms with Gasteiger partial charge in [0, 0.05) is 18.9 Å². The third kappa shape index (κ3) is 6.34. The molecule has 1 aliphatic heterocycles. The van der Waals surface area contributed by atoms with E-state index in [-0.39, 0.29) is 23.2 Å². The summed E-state index contributed by atoms with van der Waals surface area (Å²) in [6.07, 6.45) is 5.35. The number of phenols is 1. The van der Waals surface area contributed by atoms with Crippen LogP contribution >= 0.6 is 0 Å². The van der Waals surface area contributed by atoms with Gasteiger partial charge in [0.15, 0.2) is 0 Å². The first-order valence-electron chi connectivity index (χ1n) is 10.8. The maximum absolute atomic E-state index is 12.8. The second-order valence-electron chi connectivity index (χ2n) is 7.96. The van der Waals surface area contributed by atoms with Gasteiger partial charge in [-0.1, -0.05) is 36.8 Å². The highest BCUT2D eigenvalue weighted by Crippen LogP contribution is 2.31. The van der Waals surface area contributed by atoms with Gasteiger partial charge in [-0.2, -0.15) is 0 Å². The van der Waals surface area contributed by atoms with Crippen LogP contribution in [0.5, 0.6) is 11.5 Å². The Labute approximate surface area is 178 Å². The zero-order valence-corrected chi connectivity index (χ0v) is 17.6. The molecule has 0 aliphatic carbocycles. The molecule has 2 aromatic carbocycles. The van der Waals surface area contributed by atoms with Crippen molar-refractivity contribution in [3.05, 3.63) is 59.2 Å². The molecule has 0 amide bonds. The standard InChI is InChI=1S/C25H30O5/c1-18-9-8-14-21(26)13-7-3-6-12-20-15-22(16-23(27)24(20)25(28)30-18)29-17-19-10-4-2-5-11-19/h2,4-5,10-11,15-16,18,27H,3,6-9,12-14,17H2,1H3/t18-/m1/s1. The third-order valence-corrected chi connectivity index (χ3v) is 5.40. The number of phenolic OH excluding ortho intramolecular Hbond substituents is 1. The fraction of sp³-hybridized carbons (Fsp3) is 0.440. The van der Waals surface area contributed by atoms with Crippen molar-refractivity contribution in [1.29, 1.82) is 0 Å². The smallest absolute Gasteiger partial charge is 0.342 e. The minimum Gasteiger partial charge on any atom is -0.507 e. The van der Waals surface area contributed by atoms with E-state index >= 15 is 0 Å². The number of aromatic hydroxyl groups is 1. The van der Waals surface area contributed by atoms with E-state index in [4.69, 9.17) is 9.47 Å². The summed E-state index contributed by atoms with van der Waals surface area (Å²) in [6.45, 7) is 2.20. The first-order valence-corrected chi connectivity index (χ1v) is 10.8. The summed E-state index contributed by atoms with van der Waals surface area (Å²) >= 11 is 0. The number of ether oxygens (including phenoxy) is 2. The predicted octanol–water partition coefficient (Wildman–Crippen LogP) is 5.37. The molecule has 0 saturated carbocycles. The lowest BCUT2D eigenvalue weighted by molar-refractivity contribution is -0.119. The first-order chi connectivity index (χ1) is 14.5. The van der Waals surface area contributed by atoms with Crippen molar-refractivity contribution in [2.45, 2.75) is 71.0 Å².